The third kappa shape index (κ3) is 5.32. The number of unbranched alkanes of at least 4 members (excludes halogenated alkanes) is 2. The third-order valence-electron chi connectivity index (χ3n) is 3.68. The molecule has 0 unspecified atom stereocenters. The lowest BCUT2D eigenvalue weighted by Gasteiger charge is -2.21. The fourth-order valence-corrected chi connectivity index (χ4v) is 2.45. The Labute approximate surface area is 151 Å². The standard InChI is InChI=1S/C18H21ClN2O4/c1-3-4-5-10-21(17(22)13-6-8-14(19)9-7-13)11-16-20-15(12-25-16)18(23)24-2/h6-9,12H,3-5,10-11H2,1-2H3. The van der Waals surface area contributed by atoms with Crippen molar-refractivity contribution in [2.75, 3.05) is 13.7 Å². The molecular formula is C18H21ClN2O4. The van der Waals surface area contributed by atoms with E-state index in [1.54, 1.807) is 29.2 Å². The van der Waals surface area contributed by atoms with Gasteiger partial charge in [0.25, 0.3) is 5.91 Å². The van der Waals surface area contributed by atoms with Crippen molar-refractivity contribution >= 4 is 23.5 Å². The van der Waals surface area contributed by atoms with E-state index in [9.17, 15) is 9.59 Å². The lowest BCUT2D eigenvalue weighted by Crippen LogP contribution is -2.31. The third-order valence-corrected chi connectivity index (χ3v) is 3.93. The first-order chi connectivity index (χ1) is 12.0. The number of carbonyl (C=O) groups is 2. The van der Waals surface area contributed by atoms with E-state index < -0.39 is 5.97 Å². The van der Waals surface area contributed by atoms with Crippen molar-refractivity contribution in [3.05, 3.63) is 52.7 Å². The Hall–Kier alpha value is -2.34. The molecule has 1 aromatic heterocycles. The number of amides is 1. The lowest BCUT2D eigenvalue weighted by molar-refractivity contribution is 0.0594. The summed E-state index contributed by atoms with van der Waals surface area (Å²) < 4.78 is 9.91. The topological polar surface area (TPSA) is 72.6 Å². The molecule has 134 valence electrons. The fourth-order valence-electron chi connectivity index (χ4n) is 2.33. The van der Waals surface area contributed by atoms with Crippen molar-refractivity contribution in [2.24, 2.45) is 0 Å². The van der Waals surface area contributed by atoms with Gasteiger partial charge >= 0.3 is 5.97 Å². The zero-order valence-electron chi connectivity index (χ0n) is 14.3. The number of nitrogens with zero attached hydrogens (tertiary/aromatic N) is 2. The Morgan fingerprint density at radius 2 is 1.96 bits per heavy atom. The van der Waals surface area contributed by atoms with Gasteiger partial charge in [-0.15, -0.1) is 0 Å². The predicted octanol–water partition coefficient (Wildman–Crippen LogP) is 3.95. The van der Waals surface area contributed by atoms with Crippen LogP contribution in [0.5, 0.6) is 0 Å². The van der Waals surface area contributed by atoms with Gasteiger partial charge in [-0.25, -0.2) is 9.78 Å². The molecule has 2 rings (SSSR count). The van der Waals surface area contributed by atoms with Gasteiger partial charge in [-0.05, 0) is 30.7 Å². The SMILES string of the molecule is CCCCCN(Cc1nc(C(=O)OC)co1)C(=O)c1ccc(Cl)cc1. The Morgan fingerprint density at radius 3 is 2.60 bits per heavy atom. The normalized spacial score (nSPS) is 10.5. The summed E-state index contributed by atoms with van der Waals surface area (Å²) in [4.78, 5) is 30.0. The number of benzene rings is 1. The van der Waals surface area contributed by atoms with Gasteiger partial charge in [-0.1, -0.05) is 31.4 Å². The molecule has 0 aliphatic heterocycles. The molecule has 0 saturated heterocycles. The summed E-state index contributed by atoms with van der Waals surface area (Å²) in [6, 6.07) is 6.74. The summed E-state index contributed by atoms with van der Waals surface area (Å²) >= 11 is 5.88. The van der Waals surface area contributed by atoms with Crippen LogP contribution in [0.2, 0.25) is 5.02 Å². The molecule has 0 fully saturated rings. The predicted molar refractivity (Wildman–Crippen MR) is 93.6 cm³/mol. The average Bonchev–Trinajstić information content (AvgIpc) is 3.09. The maximum atomic E-state index is 12.8. The molecule has 0 spiro atoms. The van der Waals surface area contributed by atoms with Gasteiger partial charge in [0, 0.05) is 17.1 Å². The second-order valence-corrected chi connectivity index (χ2v) is 6.00. The number of carbonyl (C=O) groups excluding carboxylic acids is 2. The number of hydrogen-bond acceptors (Lipinski definition) is 5. The lowest BCUT2D eigenvalue weighted by atomic mass is 10.1. The number of hydrogen-bond donors (Lipinski definition) is 0. The first-order valence-corrected chi connectivity index (χ1v) is 8.50. The van der Waals surface area contributed by atoms with Crippen LogP contribution in [-0.4, -0.2) is 35.4 Å². The molecule has 0 N–H and O–H groups in total. The average molecular weight is 365 g/mol. The molecule has 0 aliphatic carbocycles. The van der Waals surface area contributed by atoms with E-state index in [4.69, 9.17) is 16.0 Å². The Morgan fingerprint density at radius 1 is 1.24 bits per heavy atom. The van der Waals surface area contributed by atoms with Crippen LogP contribution in [0, 0.1) is 0 Å². The van der Waals surface area contributed by atoms with E-state index in [0.29, 0.717) is 23.0 Å². The van der Waals surface area contributed by atoms with Gasteiger partial charge in [0.2, 0.25) is 5.89 Å². The quantitative estimate of drug-likeness (QED) is 0.524. The fraction of sp³-hybridized carbons (Fsp3) is 0.389. The molecule has 1 aromatic carbocycles. The minimum atomic E-state index is -0.573. The van der Waals surface area contributed by atoms with Gasteiger partial charge < -0.3 is 14.1 Å². The molecule has 0 saturated carbocycles. The van der Waals surface area contributed by atoms with Crippen molar-refractivity contribution in [1.82, 2.24) is 9.88 Å². The second-order valence-electron chi connectivity index (χ2n) is 5.56. The van der Waals surface area contributed by atoms with Crippen LogP contribution in [-0.2, 0) is 11.3 Å². The van der Waals surface area contributed by atoms with Crippen LogP contribution in [0.25, 0.3) is 0 Å². The Bertz CT molecular complexity index is 712. The minimum absolute atomic E-state index is 0.0879. The van der Waals surface area contributed by atoms with Crippen molar-refractivity contribution < 1.29 is 18.7 Å². The smallest absolute Gasteiger partial charge is 0.360 e. The van der Waals surface area contributed by atoms with Gasteiger partial charge in [-0.3, -0.25) is 4.79 Å². The Balaban J connectivity index is 2.14. The second kappa shape index (κ2) is 9.22. The molecular weight excluding hydrogens is 344 g/mol. The highest BCUT2D eigenvalue weighted by Crippen LogP contribution is 2.15. The van der Waals surface area contributed by atoms with Crippen molar-refractivity contribution in [3.8, 4) is 0 Å². The zero-order valence-corrected chi connectivity index (χ0v) is 15.1. The number of ether oxygens (including phenoxy) is 1. The van der Waals surface area contributed by atoms with Crippen molar-refractivity contribution in [2.45, 2.75) is 32.7 Å². The van der Waals surface area contributed by atoms with E-state index in [0.717, 1.165) is 19.3 Å². The van der Waals surface area contributed by atoms with Crippen LogP contribution >= 0.6 is 11.6 Å². The number of oxazole rings is 1. The minimum Gasteiger partial charge on any atom is -0.464 e. The highest BCUT2D eigenvalue weighted by molar-refractivity contribution is 6.30. The van der Waals surface area contributed by atoms with E-state index >= 15 is 0 Å². The van der Waals surface area contributed by atoms with Crippen LogP contribution < -0.4 is 0 Å². The Kier molecular flexibility index (Phi) is 7.01. The van der Waals surface area contributed by atoms with Crippen molar-refractivity contribution in [1.29, 1.82) is 0 Å². The first kappa shape index (κ1) is 19.0. The summed E-state index contributed by atoms with van der Waals surface area (Å²) in [5, 5.41) is 0.574. The van der Waals surface area contributed by atoms with Gasteiger partial charge in [0.1, 0.15) is 6.26 Å². The molecule has 7 heteroatoms. The van der Waals surface area contributed by atoms with E-state index in [1.165, 1.54) is 13.4 Å². The first-order valence-electron chi connectivity index (χ1n) is 8.12. The van der Waals surface area contributed by atoms with Crippen LogP contribution in [0.1, 0.15) is 52.9 Å². The number of rotatable bonds is 8. The van der Waals surface area contributed by atoms with Crippen LogP contribution in [0.15, 0.2) is 34.9 Å². The maximum Gasteiger partial charge on any atom is 0.360 e. The molecule has 2 aromatic rings. The summed E-state index contributed by atoms with van der Waals surface area (Å²) in [5.41, 5.74) is 0.630. The number of halogens is 1. The number of aromatic nitrogens is 1. The highest BCUT2D eigenvalue weighted by atomic mass is 35.5. The highest BCUT2D eigenvalue weighted by Gasteiger charge is 2.20. The maximum absolute atomic E-state index is 12.8. The van der Waals surface area contributed by atoms with E-state index in [2.05, 4.69) is 16.6 Å². The van der Waals surface area contributed by atoms with Crippen molar-refractivity contribution in [3.63, 3.8) is 0 Å². The molecule has 1 heterocycles. The number of esters is 1. The van der Waals surface area contributed by atoms with Gasteiger partial charge in [-0.2, -0.15) is 0 Å². The van der Waals surface area contributed by atoms with Gasteiger partial charge in [0.05, 0.1) is 13.7 Å². The molecule has 6 nitrogen and oxygen atoms in total. The monoisotopic (exact) mass is 364 g/mol. The summed E-state index contributed by atoms with van der Waals surface area (Å²) in [5.74, 6) is -0.415. The molecule has 0 atom stereocenters. The zero-order chi connectivity index (χ0) is 18.2. The van der Waals surface area contributed by atoms with E-state index in [1.807, 2.05) is 0 Å². The summed E-state index contributed by atoms with van der Waals surface area (Å²) in [6.45, 7) is 2.86. The number of methoxy groups -OCH3 is 1. The molecule has 0 aliphatic rings. The van der Waals surface area contributed by atoms with Crippen LogP contribution in [0.3, 0.4) is 0 Å². The summed E-state index contributed by atoms with van der Waals surface area (Å²) in [7, 11) is 1.28. The molecule has 0 bridgehead atoms. The molecule has 0 radical (unpaired) electrons. The largest absolute Gasteiger partial charge is 0.464 e. The summed E-state index contributed by atoms with van der Waals surface area (Å²) in [6.07, 6.45) is 4.18. The molecule has 25 heavy (non-hydrogen) atoms. The van der Waals surface area contributed by atoms with E-state index in [-0.39, 0.29) is 18.1 Å². The molecule has 1 amide bonds. The van der Waals surface area contributed by atoms with Gasteiger partial charge in [0.15, 0.2) is 5.69 Å². The van der Waals surface area contributed by atoms with Crippen LogP contribution in [0.4, 0.5) is 0 Å².